The molecule has 0 saturated heterocycles. The van der Waals surface area contributed by atoms with Crippen LogP contribution in [0.25, 0.3) is 0 Å². The quantitative estimate of drug-likeness (QED) is 0.528. The molecule has 0 aliphatic carbocycles. The van der Waals surface area contributed by atoms with Crippen molar-refractivity contribution in [3.05, 3.63) is 0 Å². The van der Waals surface area contributed by atoms with E-state index in [4.69, 9.17) is 16.7 Å². The molecular formula is C8H18ClNO3S. The zero-order valence-corrected chi connectivity index (χ0v) is 10.2. The predicted octanol–water partition coefficient (Wildman–Crippen LogP) is 0.648. The maximum atomic E-state index is 11.5. The van der Waals surface area contributed by atoms with Crippen molar-refractivity contribution in [2.75, 3.05) is 25.2 Å². The fraction of sp³-hybridized carbons (Fsp3) is 1.00. The predicted molar refractivity (Wildman–Crippen MR) is 58.1 cm³/mol. The van der Waals surface area contributed by atoms with Crippen molar-refractivity contribution >= 4 is 21.6 Å². The van der Waals surface area contributed by atoms with Gasteiger partial charge in [0.25, 0.3) is 0 Å². The van der Waals surface area contributed by atoms with Crippen LogP contribution in [0.15, 0.2) is 0 Å². The zero-order chi connectivity index (χ0) is 11.2. The van der Waals surface area contributed by atoms with Gasteiger partial charge < -0.3 is 5.11 Å². The van der Waals surface area contributed by atoms with Crippen molar-refractivity contribution in [3.63, 3.8) is 0 Å². The minimum atomic E-state index is -3.21. The Morgan fingerprint density at radius 1 is 1.43 bits per heavy atom. The second-order valence-corrected chi connectivity index (χ2v) is 5.92. The van der Waals surface area contributed by atoms with Crippen LogP contribution in [0.2, 0.25) is 0 Å². The third kappa shape index (κ3) is 5.80. The van der Waals surface area contributed by atoms with Crippen LogP contribution in [-0.4, -0.2) is 49.2 Å². The lowest BCUT2D eigenvalue weighted by atomic mass is 10.4. The van der Waals surface area contributed by atoms with Crippen LogP contribution >= 0.6 is 11.6 Å². The molecule has 0 rings (SSSR count). The van der Waals surface area contributed by atoms with Gasteiger partial charge in [-0.25, -0.2) is 12.7 Å². The molecule has 0 amide bonds. The lowest BCUT2D eigenvalue weighted by molar-refractivity contribution is 0.171. The summed E-state index contributed by atoms with van der Waals surface area (Å²) in [5.74, 6) is 0.582. The van der Waals surface area contributed by atoms with Gasteiger partial charge in [0.15, 0.2) is 0 Å². The molecule has 0 aromatic heterocycles. The van der Waals surface area contributed by atoms with Crippen LogP contribution in [0.1, 0.15) is 19.8 Å². The Labute approximate surface area is 90.9 Å². The van der Waals surface area contributed by atoms with E-state index in [1.54, 1.807) is 6.92 Å². The van der Waals surface area contributed by atoms with E-state index >= 15 is 0 Å². The molecule has 4 nitrogen and oxygen atoms in total. The van der Waals surface area contributed by atoms with Crippen molar-refractivity contribution in [2.24, 2.45) is 0 Å². The Morgan fingerprint density at radius 3 is 2.43 bits per heavy atom. The standard InChI is InChI=1S/C8H18ClNO3S/c1-8(11)7-10(2)14(12,13)6-4-3-5-9/h8,11H,3-7H2,1-2H3. The van der Waals surface area contributed by atoms with Gasteiger partial charge in [0.2, 0.25) is 10.0 Å². The summed E-state index contributed by atoms with van der Waals surface area (Å²) in [5, 5.41) is 9.03. The van der Waals surface area contributed by atoms with Crippen molar-refractivity contribution in [1.29, 1.82) is 0 Å². The normalized spacial score (nSPS) is 14.6. The van der Waals surface area contributed by atoms with Crippen molar-refractivity contribution in [3.8, 4) is 0 Å². The summed E-state index contributed by atoms with van der Waals surface area (Å²) in [6, 6.07) is 0. The monoisotopic (exact) mass is 243 g/mol. The van der Waals surface area contributed by atoms with Gasteiger partial charge in [0.1, 0.15) is 0 Å². The van der Waals surface area contributed by atoms with Gasteiger partial charge in [-0.1, -0.05) is 0 Å². The van der Waals surface area contributed by atoms with E-state index < -0.39 is 16.1 Å². The minimum Gasteiger partial charge on any atom is -0.392 e. The van der Waals surface area contributed by atoms with Crippen molar-refractivity contribution in [1.82, 2.24) is 4.31 Å². The molecule has 14 heavy (non-hydrogen) atoms. The summed E-state index contributed by atoms with van der Waals surface area (Å²) in [6.07, 6.45) is 0.627. The van der Waals surface area contributed by atoms with Gasteiger partial charge in [-0.15, -0.1) is 11.6 Å². The third-order valence-electron chi connectivity index (χ3n) is 1.78. The van der Waals surface area contributed by atoms with E-state index in [1.165, 1.54) is 11.4 Å². The highest BCUT2D eigenvalue weighted by Crippen LogP contribution is 2.04. The van der Waals surface area contributed by atoms with Gasteiger partial charge in [0.05, 0.1) is 11.9 Å². The Kier molecular flexibility index (Phi) is 6.68. The van der Waals surface area contributed by atoms with Gasteiger partial charge in [0, 0.05) is 19.5 Å². The number of likely N-dealkylation sites (N-methyl/N-ethyl adjacent to an activating group) is 1. The maximum absolute atomic E-state index is 11.5. The van der Waals surface area contributed by atoms with E-state index in [2.05, 4.69) is 0 Å². The Hall–Kier alpha value is 0.160. The Morgan fingerprint density at radius 2 is 2.00 bits per heavy atom. The number of hydrogen-bond acceptors (Lipinski definition) is 3. The smallest absolute Gasteiger partial charge is 0.213 e. The van der Waals surface area contributed by atoms with Gasteiger partial charge in [-0.2, -0.15) is 0 Å². The summed E-state index contributed by atoms with van der Waals surface area (Å²) in [5.41, 5.74) is 0. The lowest BCUT2D eigenvalue weighted by Crippen LogP contribution is -2.34. The molecule has 0 aliphatic rings. The van der Waals surface area contributed by atoms with Gasteiger partial charge in [-0.3, -0.25) is 0 Å². The van der Waals surface area contributed by atoms with Gasteiger partial charge in [-0.05, 0) is 19.8 Å². The van der Waals surface area contributed by atoms with Crippen LogP contribution < -0.4 is 0 Å². The van der Waals surface area contributed by atoms with Crippen LogP contribution in [0.5, 0.6) is 0 Å². The molecular weight excluding hydrogens is 226 g/mol. The van der Waals surface area contributed by atoms with E-state index in [0.29, 0.717) is 18.7 Å². The SMILES string of the molecule is CC(O)CN(C)S(=O)(=O)CCCCCl. The molecule has 86 valence electrons. The number of sulfonamides is 1. The maximum Gasteiger partial charge on any atom is 0.213 e. The second-order valence-electron chi connectivity index (χ2n) is 3.34. The van der Waals surface area contributed by atoms with Crippen LogP contribution in [0, 0.1) is 0 Å². The van der Waals surface area contributed by atoms with Crippen LogP contribution in [0.4, 0.5) is 0 Å². The zero-order valence-electron chi connectivity index (χ0n) is 8.61. The highest BCUT2D eigenvalue weighted by molar-refractivity contribution is 7.89. The fourth-order valence-corrected chi connectivity index (χ4v) is 2.53. The van der Waals surface area contributed by atoms with E-state index in [1.807, 2.05) is 0 Å². The minimum absolute atomic E-state index is 0.100. The number of aliphatic hydroxyl groups excluding tert-OH is 1. The molecule has 0 radical (unpaired) electrons. The third-order valence-corrected chi connectivity index (χ3v) is 3.95. The average Bonchev–Trinajstić information content (AvgIpc) is 2.03. The van der Waals surface area contributed by atoms with E-state index in [0.717, 1.165) is 0 Å². The molecule has 0 aliphatic heterocycles. The number of unbranched alkanes of at least 4 members (excludes halogenated alkanes) is 1. The second kappa shape index (κ2) is 6.61. The largest absolute Gasteiger partial charge is 0.392 e. The Bertz CT molecular complexity index is 241. The molecule has 1 N–H and O–H groups in total. The summed E-state index contributed by atoms with van der Waals surface area (Å²) < 4.78 is 24.2. The number of hydrogen-bond donors (Lipinski definition) is 1. The first-order chi connectivity index (χ1) is 6.40. The molecule has 6 heteroatoms. The topological polar surface area (TPSA) is 57.6 Å². The highest BCUT2D eigenvalue weighted by Gasteiger charge is 2.18. The number of halogens is 1. The number of rotatable bonds is 7. The number of nitrogens with zero attached hydrogens (tertiary/aromatic N) is 1. The summed E-state index contributed by atoms with van der Waals surface area (Å²) in [7, 11) is -1.74. The molecule has 0 aromatic carbocycles. The van der Waals surface area contributed by atoms with Crippen molar-refractivity contribution in [2.45, 2.75) is 25.9 Å². The first-order valence-electron chi connectivity index (χ1n) is 4.58. The fourth-order valence-electron chi connectivity index (χ4n) is 1.02. The summed E-state index contributed by atoms with van der Waals surface area (Å²) in [4.78, 5) is 0. The molecule has 0 heterocycles. The molecule has 0 aromatic rings. The van der Waals surface area contributed by atoms with Gasteiger partial charge >= 0.3 is 0 Å². The molecule has 1 atom stereocenters. The molecule has 0 spiro atoms. The highest BCUT2D eigenvalue weighted by atomic mass is 35.5. The van der Waals surface area contributed by atoms with E-state index in [-0.39, 0.29) is 12.3 Å². The molecule has 1 unspecified atom stereocenters. The van der Waals surface area contributed by atoms with Crippen molar-refractivity contribution < 1.29 is 13.5 Å². The molecule has 0 fully saturated rings. The molecule has 0 bridgehead atoms. The Balaban J connectivity index is 4.04. The average molecular weight is 244 g/mol. The van der Waals surface area contributed by atoms with Crippen LogP contribution in [0.3, 0.4) is 0 Å². The number of aliphatic hydroxyl groups is 1. The number of alkyl halides is 1. The summed E-state index contributed by atoms with van der Waals surface area (Å²) >= 11 is 5.45. The molecule has 0 saturated carbocycles. The lowest BCUT2D eigenvalue weighted by Gasteiger charge is -2.18. The van der Waals surface area contributed by atoms with E-state index in [9.17, 15) is 8.42 Å². The van der Waals surface area contributed by atoms with Crippen LogP contribution in [-0.2, 0) is 10.0 Å². The first-order valence-corrected chi connectivity index (χ1v) is 6.72. The summed E-state index contributed by atoms with van der Waals surface area (Å²) in [6.45, 7) is 1.70. The first kappa shape index (κ1) is 14.2.